The van der Waals surface area contributed by atoms with Crippen molar-refractivity contribution in [3.05, 3.63) is 69.2 Å². The molecule has 0 saturated carbocycles. The molecule has 0 amide bonds. The highest BCUT2D eigenvalue weighted by Crippen LogP contribution is 2.23. The van der Waals surface area contributed by atoms with Gasteiger partial charge in [-0.3, -0.25) is 0 Å². The van der Waals surface area contributed by atoms with Gasteiger partial charge in [0.05, 0.1) is 0 Å². The van der Waals surface area contributed by atoms with Crippen LogP contribution in [0.1, 0.15) is 22.7 Å². The number of benzene rings is 2. The first-order valence-electron chi connectivity index (χ1n) is 5.93. The molecule has 0 aromatic heterocycles. The first-order valence-corrected chi connectivity index (χ1v) is 6.72. The van der Waals surface area contributed by atoms with Crippen LogP contribution in [-0.4, -0.2) is 0 Å². The lowest BCUT2D eigenvalue weighted by atomic mass is 9.98. The van der Waals surface area contributed by atoms with Crippen molar-refractivity contribution >= 4 is 15.9 Å². The van der Waals surface area contributed by atoms with Gasteiger partial charge in [-0.15, -0.1) is 0 Å². The second-order valence-electron chi connectivity index (χ2n) is 4.56. The highest BCUT2D eigenvalue weighted by atomic mass is 79.9. The summed E-state index contributed by atoms with van der Waals surface area (Å²) in [6.07, 6.45) is 0.457. The van der Waals surface area contributed by atoms with Crippen LogP contribution >= 0.6 is 15.9 Å². The molecule has 0 aliphatic rings. The second-order valence-corrected chi connectivity index (χ2v) is 5.48. The number of nitrogens with two attached hydrogens (primary N) is 1. The van der Waals surface area contributed by atoms with Gasteiger partial charge in [-0.2, -0.15) is 0 Å². The Morgan fingerprint density at radius 1 is 1.16 bits per heavy atom. The molecule has 4 heteroatoms. The second kappa shape index (κ2) is 5.80. The third-order valence-electron chi connectivity index (χ3n) is 3.02. The lowest BCUT2D eigenvalue weighted by molar-refractivity contribution is 0.556. The Labute approximate surface area is 119 Å². The smallest absolute Gasteiger partial charge is 0.128 e. The van der Waals surface area contributed by atoms with E-state index in [2.05, 4.69) is 15.9 Å². The number of hydrogen-bond acceptors (Lipinski definition) is 1. The number of aryl methyl sites for hydroxylation is 1. The Bertz CT molecular complexity index is 599. The van der Waals surface area contributed by atoms with Crippen molar-refractivity contribution < 1.29 is 8.78 Å². The fourth-order valence-corrected chi connectivity index (χ4v) is 2.42. The van der Waals surface area contributed by atoms with E-state index >= 15 is 0 Å². The predicted octanol–water partition coefficient (Wildman–Crippen LogP) is 4.28. The van der Waals surface area contributed by atoms with Crippen molar-refractivity contribution in [1.82, 2.24) is 0 Å². The van der Waals surface area contributed by atoms with Crippen LogP contribution < -0.4 is 5.73 Å². The zero-order chi connectivity index (χ0) is 14.0. The van der Waals surface area contributed by atoms with E-state index in [0.717, 1.165) is 10.0 Å². The molecule has 0 bridgehead atoms. The topological polar surface area (TPSA) is 26.0 Å². The summed E-state index contributed by atoms with van der Waals surface area (Å²) in [6.45, 7) is 1.53. The van der Waals surface area contributed by atoms with E-state index in [1.54, 1.807) is 0 Å². The lowest BCUT2D eigenvalue weighted by Gasteiger charge is -2.14. The van der Waals surface area contributed by atoms with Crippen LogP contribution in [0.3, 0.4) is 0 Å². The lowest BCUT2D eigenvalue weighted by Crippen LogP contribution is -2.15. The van der Waals surface area contributed by atoms with E-state index in [-0.39, 0.29) is 11.1 Å². The van der Waals surface area contributed by atoms with Gasteiger partial charge in [0.2, 0.25) is 0 Å². The molecular weight excluding hydrogens is 312 g/mol. The molecule has 0 spiro atoms. The van der Waals surface area contributed by atoms with Gasteiger partial charge in [0.15, 0.2) is 0 Å². The maximum atomic E-state index is 13.8. The molecule has 0 heterocycles. The molecule has 0 fully saturated rings. The molecule has 1 unspecified atom stereocenters. The van der Waals surface area contributed by atoms with Gasteiger partial charge in [-0.05, 0) is 48.7 Å². The zero-order valence-corrected chi connectivity index (χ0v) is 12.0. The van der Waals surface area contributed by atoms with E-state index in [9.17, 15) is 8.78 Å². The fourth-order valence-electron chi connectivity index (χ4n) is 1.97. The van der Waals surface area contributed by atoms with Gasteiger partial charge in [0.1, 0.15) is 11.6 Å². The first-order chi connectivity index (χ1) is 8.97. The van der Waals surface area contributed by atoms with E-state index in [4.69, 9.17) is 5.73 Å². The summed E-state index contributed by atoms with van der Waals surface area (Å²) in [5.74, 6) is -0.887. The van der Waals surface area contributed by atoms with E-state index < -0.39 is 17.7 Å². The molecule has 2 aromatic carbocycles. The molecule has 1 atom stereocenters. The molecule has 19 heavy (non-hydrogen) atoms. The molecule has 2 aromatic rings. The third kappa shape index (κ3) is 3.39. The maximum Gasteiger partial charge on any atom is 0.128 e. The zero-order valence-electron chi connectivity index (χ0n) is 10.5. The average molecular weight is 326 g/mol. The van der Waals surface area contributed by atoms with Crippen LogP contribution in [0.25, 0.3) is 0 Å². The third-order valence-corrected chi connectivity index (χ3v) is 3.52. The Morgan fingerprint density at radius 3 is 2.58 bits per heavy atom. The van der Waals surface area contributed by atoms with Crippen molar-refractivity contribution in [3.8, 4) is 0 Å². The highest BCUT2D eigenvalue weighted by molar-refractivity contribution is 9.10. The van der Waals surface area contributed by atoms with Crippen molar-refractivity contribution in [2.75, 3.05) is 0 Å². The van der Waals surface area contributed by atoms with Gasteiger partial charge in [-0.1, -0.05) is 28.1 Å². The molecule has 0 aliphatic heterocycles. The number of rotatable bonds is 3. The molecule has 0 radical (unpaired) electrons. The Morgan fingerprint density at radius 2 is 1.89 bits per heavy atom. The fraction of sp³-hybridized carbons (Fsp3) is 0.200. The summed E-state index contributed by atoms with van der Waals surface area (Å²) < 4.78 is 28.2. The van der Waals surface area contributed by atoms with E-state index in [1.807, 2.05) is 24.3 Å². The minimum Gasteiger partial charge on any atom is -0.324 e. The quantitative estimate of drug-likeness (QED) is 0.895. The largest absolute Gasteiger partial charge is 0.324 e. The van der Waals surface area contributed by atoms with Crippen molar-refractivity contribution in [2.45, 2.75) is 19.4 Å². The minimum atomic E-state index is -0.565. The number of hydrogen-bond donors (Lipinski definition) is 1. The Hall–Kier alpha value is -1.26. The molecule has 0 aliphatic carbocycles. The number of halogens is 3. The van der Waals surface area contributed by atoms with Gasteiger partial charge >= 0.3 is 0 Å². The summed E-state index contributed by atoms with van der Waals surface area (Å²) in [5, 5.41) is 0. The Kier molecular flexibility index (Phi) is 4.32. The van der Waals surface area contributed by atoms with Crippen LogP contribution in [0.5, 0.6) is 0 Å². The van der Waals surface area contributed by atoms with Crippen LogP contribution in [0, 0.1) is 18.6 Å². The van der Waals surface area contributed by atoms with Crippen molar-refractivity contribution in [2.24, 2.45) is 5.73 Å². The monoisotopic (exact) mass is 325 g/mol. The van der Waals surface area contributed by atoms with Gasteiger partial charge < -0.3 is 5.73 Å². The van der Waals surface area contributed by atoms with Gasteiger partial charge in [0.25, 0.3) is 0 Å². The summed E-state index contributed by atoms with van der Waals surface area (Å²) in [7, 11) is 0. The minimum absolute atomic E-state index is 0.211. The van der Waals surface area contributed by atoms with Crippen LogP contribution in [-0.2, 0) is 6.42 Å². The predicted molar refractivity (Wildman–Crippen MR) is 75.9 cm³/mol. The maximum absolute atomic E-state index is 13.8. The molecule has 0 saturated heterocycles. The van der Waals surface area contributed by atoms with Crippen LogP contribution in [0.2, 0.25) is 0 Å². The summed E-state index contributed by atoms with van der Waals surface area (Å²) in [4.78, 5) is 0. The molecule has 2 N–H and O–H groups in total. The van der Waals surface area contributed by atoms with Gasteiger partial charge in [0, 0.05) is 16.1 Å². The van der Waals surface area contributed by atoms with Crippen molar-refractivity contribution in [3.63, 3.8) is 0 Å². The van der Waals surface area contributed by atoms with E-state index in [0.29, 0.717) is 6.42 Å². The summed E-state index contributed by atoms with van der Waals surface area (Å²) in [5.41, 5.74) is 7.45. The summed E-state index contributed by atoms with van der Waals surface area (Å²) >= 11 is 3.37. The first kappa shape index (κ1) is 14.2. The van der Waals surface area contributed by atoms with Gasteiger partial charge in [-0.25, -0.2) is 8.78 Å². The SMILES string of the molecule is Cc1cc(F)c(C(N)Cc2cccc(Br)c2)cc1F. The molecule has 1 nitrogen and oxygen atoms in total. The Balaban J connectivity index is 2.25. The molecule has 2 rings (SSSR count). The normalized spacial score (nSPS) is 12.5. The average Bonchev–Trinajstić information content (AvgIpc) is 2.33. The standard InChI is InChI=1S/C15H14BrF2N/c1-9-5-14(18)12(8-13(9)17)15(19)7-10-3-2-4-11(16)6-10/h2-6,8,15H,7,19H2,1H3. The molecular formula is C15H14BrF2N. The molecule has 100 valence electrons. The summed E-state index contributed by atoms with van der Waals surface area (Å²) in [6, 6.07) is 9.43. The highest BCUT2D eigenvalue weighted by Gasteiger charge is 2.15. The van der Waals surface area contributed by atoms with Crippen molar-refractivity contribution in [1.29, 1.82) is 0 Å². The van der Waals surface area contributed by atoms with E-state index in [1.165, 1.54) is 19.1 Å². The van der Waals surface area contributed by atoms with Crippen LogP contribution in [0.15, 0.2) is 40.9 Å². The van der Waals surface area contributed by atoms with Crippen LogP contribution in [0.4, 0.5) is 8.78 Å².